The van der Waals surface area contributed by atoms with Gasteiger partial charge in [-0.2, -0.15) is 5.26 Å². The molecule has 4 N–H and O–H groups in total. The van der Waals surface area contributed by atoms with Crippen LogP contribution >= 0.6 is 0 Å². The third kappa shape index (κ3) is 5.09. The van der Waals surface area contributed by atoms with Crippen LogP contribution in [0.2, 0.25) is 0 Å². The van der Waals surface area contributed by atoms with Gasteiger partial charge in [0.25, 0.3) is 5.91 Å². The SMILES string of the molecule is CCNC(=O)c1nnc(Nc2cnc(C#N)cn2)cc1NC[C@@H]1CNCCO1. The molecule has 0 radical (unpaired) electrons. The molecule has 1 aliphatic rings. The molecule has 1 atom stereocenters. The minimum atomic E-state index is -0.315. The molecule has 1 aliphatic heterocycles. The Hall–Kier alpha value is -3.36. The van der Waals surface area contributed by atoms with Crippen LogP contribution in [0.5, 0.6) is 0 Å². The highest BCUT2D eigenvalue weighted by Crippen LogP contribution is 2.19. The van der Waals surface area contributed by atoms with E-state index in [0.29, 0.717) is 37.0 Å². The number of carbonyl (C=O) groups excluding carboxylic acids is 1. The first-order valence-electron chi connectivity index (χ1n) is 8.91. The Morgan fingerprint density at radius 3 is 2.93 bits per heavy atom. The maximum Gasteiger partial charge on any atom is 0.273 e. The fourth-order valence-electron chi connectivity index (χ4n) is 2.56. The maximum absolute atomic E-state index is 12.3. The van der Waals surface area contributed by atoms with E-state index in [4.69, 9.17) is 10.00 Å². The predicted octanol–water partition coefficient (Wildman–Crippen LogP) is 0.0319. The minimum absolute atomic E-state index is 0.00944. The van der Waals surface area contributed by atoms with Gasteiger partial charge in [0, 0.05) is 32.2 Å². The molecule has 0 saturated carbocycles. The number of hydrogen-bond acceptors (Lipinski definition) is 10. The molecule has 28 heavy (non-hydrogen) atoms. The number of morpholine rings is 1. The van der Waals surface area contributed by atoms with Crippen LogP contribution in [0.4, 0.5) is 17.3 Å². The summed E-state index contributed by atoms with van der Waals surface area (Å²) in [5.41, 5.74) is 0.938. The molecule has 11 heteroatoms. The van der Waals surface area contributed by atoms with Crippen molar-refractivity contribution in [3.8, 4) is 6.07 Å². The van der Waals surface area contributed by atoms with Crippen molar-refractivity contribution in [1.82, 2.24) is 30.8 Å². The molecule has 1 amide bonds. The standard InChI is InChI=1S/C17H21N9O2/c1-2-20-17(27)16-13(22-9-12-8-19-3-4-28-12)5-14(25-26-16)24-15-10-21-11(6-18)7-23-15/h5,7,10,12,19H,2-4,8-9H2,1H3,(H,20,27)(H2,22,23,24,25)/t12-/m0/s1. The fraction of sp³-hybridized carbons (Fsp3) is 0.412. The Balaban J connectivity index is 1.77. The van der Waals surface area contributed by atoms with Crippen LogP contribution in [-0.2, 0) is 4.74 Å². The molecule has 0 aromatic carbocycles. The van der Waals surface area contributed by atoms with Gasteiger partial charge in [0.2, 0.25) is 0 Å². The lowest BCUT2D eigenvalue weighted by molar-refractivity contribution is 0.0372. The van der Waals surface area contributed by atoms with Crippen molar-refractivity contribution in [2.45, 2.75) is 13.0 Å². The van der Waals surface area contributed by atoms with Gasteiger partial charge in [-0.05, 0) is 6.92 Å². The summed E-state index contributed by atoms with van der Waals surface area (Å²) in [7, 11) is 0. The normalized spacial score (nSPS) is 16.1. The zero-order valence-electron chi connectivity index (χ0n) is 15.4. The minimum Gasteiger partial charge on any atom is -0.380 e. The molecule has 2 aromatic rings. The molecule has 0 unspecified atom stereocenters. The van der Waals surface area contributed by atoms with E-state index in [0.717, 1.165) is 13.1 Å². The lowest BCUT2D eigenvalue weighted by Crippen LogP contribution is -2.42. The summed E-state index contributed by atoms with van der Waals surface area (Å²) in [6.45, 7) is 5.04. The molecule has 0 spiro atoms. The Morgan fingerprint density at radius 1 is 1.36 bits per heavy atom. The highest BCUT2D eigenvalue weighted by molar-refractivity contribution is 5.97. The van der Waals surface area contributed by atoms with Gasteiger partial charge in [0.05, 0.1) is 30.8 Å². The molecule has 3 heterocycles. The highest BCUT2D eigenvalue weighted by atomic mass is 16.5. The first kappa shape index (κ1) is 19.4. The average molecular weight is 383 g/mol. The molecule has 1 saturated heterocycles. The van der Waals surface area contributed by atoms with Crippen LogP contribution in [-0.4, -0.2) is 65.0 Å². The number of amides is 1. The second-order valence-electron chi connectivity index (χ2n) is 5.95. The van der Waals surface area contributed by atoms with Crippen LogP contribution in [0.25, 0.3) is 0 Å². The van der Waals surface area contributed by atoms with Crippen molar-refractivity contribution < 1.29 is 9.53 Å². The largest absolute Gasteiger partial charge is 0.380 e. The van der Waals surface area contributed by atoms with Gasteiger partial charge in [-0.3, -0.25) is 4.79 Å². The highest BCUT2D eigenvalue weighted by Gasteiger charge is 2.18. The topological polar surface area (TPSA) is 150 Å². The van der Waals surface area contributed by atoms with Crippen LogP contribution in [0.15, 0.2) is 18.5 Å². The zero-order chi connectivity index (χ0) is 19.8. The second kappa shape index (κ2) is 9.54. The number of nitrogens with zero attached hydrogens (tertiary/aromatic N) is 5. The van der Waals surface area contributed by atoms with E-state index in [2.05, 4.69) is 41.4 Å². The van der Waals surface area contributed by atoms with Gasteiger partial charge in [0.15, 0.2) is 17.2 Å². The molecule has 0 bridgehead atoms. The smallest absolute Gasteiger partial charge is 0.273 e. The van der Waals surface area contributed by atoms with Crippen LogP contribution in [0, 0.1) is 11.3 Å². The maximum atomic E-state index is 12.3. The van der Waals surface area contributed by atoms with Crippen molar-refractivity contribution in [2.24, 2.45) is 0 Å². The lowest BCUT2D eigenvalue weighted by Gasteiger charge is -2.24. The van der Waals surface area contributed by atoms with Crippen LogP contribution in [0.3, 0.4) is 0 Å². The lowest BCUT2D eigenvalue weighted by atomic mass is 10.2. The van der Waals surface area contributed by atoms with E-state index in [-0.39, 0.29) is 23.4 Å². The monoisotopic (exact) mass is 383 g/mol. The van der Waals surface area contributed by atoms with Gasteiger partial charge in [-0.15, -0.1) is 10.2 Å². The molecule has 11 nitrogen and oxygen atoms in total. The fourth-order valence-corrected chi connectivity index (χ4v) is 2.56. The summed E-state index contributed by atoms with van der Waals surface area (Å²) in [6.07, 6.45) is 2.77. The summed E-state index contributed by atoms with van der Waals surface area (Å²) < 4.78 is 5.67. The Bertz CT molecular complexity index is 845. The van der Waals surface area contributed by atoms with Gasteiger partial charge in [-0.1, -0.05) is 0 Å². The molecule has 2 aromatic heterocycles. The van der Waals surface area contributed by atoms with Gasteiger partial charge in [0.1, 0.15) is 11.9 Å². The quantitative estimate of drug-likeness (QED) is 0.516. The number of nitriles is 1. The van der Waals surface area contributed by atoms with Crippen LogP contribution < -0.4 is 21.3 Å². The van der Waals surface area contributed by atoms with E-state index < -0.39 is 0 Å². The van der Waals surface area contributed by atoms with E-state index >= 15 is 0 Å². The van der Waals surface area contributed by atoms with Crippen molar-refractivity contribution in [2.75, 3.05) is 43.4 Å². The number of ether oxygens (including phenoxy) is 1. The third-order valence-corrected chi connectivity index (χ3v) is 3.89. The Labute approximate surface area is 161 Å². The average Bonchev–Trinajstić information content (AvgIpc) is 2.74. The van der Waals surface area contributed by atoms with Gasteiger partial charge >= 0.3 is 0 Å². The van der Waals surface area contributed by atoms with Crippen molar-refractivity contribution in [1.29, 1.82) is 5.26 Å². The summed E-state index contributed by atoms with van der Waals surface area (Å²) in [6, 6.07) is 3.58. The summed E-state index contributed by atoms with van der Waals surface area (Å²) in [5.74, 6) is 0.479. The number of hydrogen-bond donors (Lipinski definition) is 4. The predicted molar refractivity (Wildman–Crippen MR) is 101 cm³/mol. The zero-order valence-corrected chi connectivity index (χ0v) is 15.4. The second-order valence-corrected chi connectivity index (χ2v) is 5.95. The number of aromatic nitrogens is 4. The van der Waals surface area contributed by atoms with Crippen molar-refractivity contribution in [3.63, 3.8) is 0 Å². The third-order valence-electron chi connectivity index (χ3n) is 3.89. The first-order valence-corrected chi connectivity index (χ1v) is 8.91. The Kier molecular flexibility index (Phi) is 6.61. The number of carbonyl (C=O) groups is 1. The first-order chi connectivity index (χ1) is 13.7. The van der Waals surface area contributed by atoms with E-state index in [1.165, 1.54) is 12.4 Å². The van der Waals surface area contributed by atoms with E-state index in [1.54, 1.807) is 6.07 Å². The van der Waals surface area contributed by atoms with Crippen LogP contribution in [0.1, 0.15) is 23.1 Å². The molecule has 0 aliphatic carbocycles. The molecule has 1 fully saturated rings. The molecule has 146 valence electrons. The van der Waals surface area contributed by atoms with E-state index in [1.807, 2.05) is 13.0 Å². The number of nitrogens with one attached hydrogen (secondary N) is 4. The van der Waals surface area contributed by atoms with Crippen molar-refractivity contribution in [3.05, 3.63) is 29.8 Å². The Morgan fingerprint density at radius 2 is 2.25 bits per heavy atom. The number of anilines is 3. The molecular formula is C17H21N9O2. The van der Waals surface area contributed by atoms with E-state index in [9.17, 15) is 4.79 Å². The summed E-state index contributed by atoms with van der Waals surface area (Å²) >= 11 is 0. The molecular weight excluding hydrogens is 362 g/mol. The van der Waals surface area contributed by atoms with Crippen molar-refractivity contribution >= 4 is 23.2 Å². The van der Waals surface area contributed by atoms with Gasteiger partial charge in [-0.25, -0.2) is 9.97 Å². The summed E-state index contributed by atoms with van der Waals surface area (Å²) in [5, 5.41) is 29.0. The number of rotatable bonds is 7. The molecule has 3 rings (SSSR count). The summed E-state index contributed by atoms with van der Waals surface area (Å²) in [4.78, 5) is 20.3. The van der Waals surface area contributed by atoms with Gasteiger partial charge < -0.3 is 26.0 Å².